The number of benzene rings is 3. The third-order valence-corrected chi connectivity index (χ3v) is 8.33. The molecular weight excluding hydrogens is 573 g/mol. The Hall–Kier alpha value is -3.27. The largest absolute Gasteiger partial charge is 0.497 e. The van der Waals surface area contributed by atoms with E-state index >= 15 is 0 Å². The van der Waals surface area contributed by atoms with Crippen LogP contribution in [0.25, 0.3) is 0 Å². The summed E-state index contributed by atoms with van der Waals surface area (Å²) in [6.07, 6.45) is 0. The number of amides is 2. The van der Waals surface area contributed by atoms with Crippen LogP contribution in [0.2, 0.25) is 10.0 Å². The average molecular weight is 607 g/mol. The second-order valence-corrected chi connectivity index (χ2v) is 12.4. The molecule has 214 valence electrons. The lowest BCUT2D eigenvalue weighted by atomic mass is 10.1. The van der Waals surface area contributed by atoms with Crippen LogP contribution in [0, 0.1) is 5.92 Å². The molecule has 0 bridgehead atoms. The van der Waals surface area contributed by atoms with Gasteiger partial charge in [0, 0.05) is 23.1 Å². The van der Waals surface area contributed by atoms with Crippen molar-refractivity contribution in [3.8, 4) is 5.75 Å². The summed E-state index contributed by atoms with van der Waals surface area (Å²) < 4.78 is 33.8. The third-order valence-electron chi connectivity index (χ3n) is 6.11. The molecule has 0 aliphatic heterocycles. The van der Waals surface area contributed by atoms with Crippen molar-refractivity contribution in [1.82, 2.24) is 10.2 Å². The highest BCUT2D eigenvalue weighted by atomic mass is 35.5. The summed E-state index contributed by atoms with van der Waals surface area (Å²) in [7, 11) is -2.66. The van der Waals surface area contributed by atoms with E-state index in [0.717, 1.165) is 9.87 Å². The minimum Gasteiger partial charge on any atom is -0.497 e. The Bertz CT molecular complexity index is 1400. The van der Waals surface area contributed by atoms with Crippen molar-refractivity contribution >= 4 is 50.7 Å². The lowest BCUT2D eigenvalue weighted by Gasteiger charge is -2.32. The Morgan fingerprint density at radius 2 is 1.52 bits per heavy atom. The number of hydrogen-bond acceptors (Lipinski definition) is 5. The summed E-state index contributed by atoms with van der Waals surface area (Å²) >= 11 is 12.4. The van der Waals surface area contributed by atoms with Crippen molar-refractivity contribution < 1.29 is 22.7 Å². The van der Waals surface area contributed by atoms with Gasteiger partial charge in [0.25, 0.3) is 10.0 Å². The van der Waals surface area contributed by atoms with Crippen LogP contribution >= 0.6 is 23.2 Å². The number of carbonyl (C=O) groups is 2. The maximum atomic E-state index is 13.9. The quantitative estimate of drug-likeness (QED) is 0.299. The smallest absolute Gasteiger partial charge is 0.264 e. The van der Waals surface area contributed by atoms with Crippen molar-refractivity contribution in [1.29, 1.82) is 0 Å². The first kappa shape index (κ1) is 31.3. The van der Waals surface area contributed by atoms with E-state index in [4.69, 9.17) is 27.9 Å². The topological polar surface area (TPSA) is 96.0 Å². The molecule has 0 heterocycles. The predicted octanol–water partition coefficient (Wildman–Crippen LogP) is 5.39. The Labute approximate surface area is 245 Å². The number of anilines is 1. The molecule has 3 aromatic rings. The molecule has 0 unspecified atom stereocenters. The first-order chi connectivity index (χ1) is 18.9. The number of sulfonamides is 1. The standard InChI is InChI=1S/C29H33Cl2N3O5S/c1-20(2)17-32-29(36)21(3)33(18-22-10-12-26(39-4)13-11-22)28(35)19-34(25-15-23(30)14-24(31)16-25)40(37,38)27-8-6-5-7-9-27/h5-16,20-21H,17-19H2,1-4H3,(H,32,36)/t21-/m0/s1. The predicted molar refractivity (Wildman–Crippen MR) is 158 cm³/mol. The SMILES string of the molecule is COc1ccc(CN(C(=O)CN(c2cc(Cl)cc(Cl)c2)S(=O)(=O)c2ccccc2)[C@@H](C)C(=O)NCC(C)C)cc1. The number of nitrogens with one attached hydrogen (secondary N) is 1. The Balaban J connectivity index is 2.02. The molecule has 0 saturated carbocycles. The zero-order chi connectivity index (χ0) is 29.4. The average Bonchev–Trinajstić information content (AvgIpc) is 2.92. The molecule has 1 N–H and O–H groups in total. The van der Waals surface area contributed by atoms with E-state index in [1.54, 1.807) is 56.5 Å². The number of ether oxygens (including phenoxy) is 1. The molecule has 0 aliphatic carbocycles. The molecular formula is C29H33Cl2N3O5S. The fourth-order valence-corrected chi connectivity index (χ4v) is 5.83. The summed E-state index contributed by atoms with van der Waals surface area (Å²) in [6, 6.07) is 18.3. The van der Waals surface area contributed by atoms with Gasteiger partial charge < -0.3 is 15.0 Å². The number of hydrogen-bond donors (Lipinski definition) is 1. The second-order valence-electron chi connectivity index (χ2n) is 9.64. The fraction of sp³-hybridized carbons (Fsp3) is 0.310. The molecule has 0 aromatic heterocycles. The van der Waals surface area contributed by atoms with E-state index in [2.05, 4.69) is 5.32 Å². The van der Waals surface area contributed by atoms with Gasteiger partial charge in [-0.15, -0.1) is 0 Å². The monoisotopic (exact) mass is 605 g/mol. The van der Waals surface area contributed by atoms with Gasteiger partial charge in [0.05, 0.1) is 17.7 Å². The maximum Gasteiger partial charge on any atom is 0.264 e. The first-order valence-corrected chi connectivity index (χ1v) is 14.9. The normalized spacial score (nSPS) is 12.1. The summed E-state index contributed by atoms with van der Waals surface area (Å²) in [4.78, 5) is 28.3. The van der Waals surface area contributed by atoms with E-state index in [1.165, 1.54) is 35.2 Å². The highest BCUT2D eigenvalue weighted by molar-refractivity contribution is 7.92. The van der Waals surface area contributed by atoms with E-state index in [0.29, 0.717) is 12.3 Å². The van der Waals surface area contributed by atoms with Crippen molar-refractivity contribution in [2.24, 2.45) is 5.92 Å². The van der Waals surface area contributed by atoms with Gasteiger partial charge in [0.1, 0.15) is 18.3 Å². The molecule has 0 radical (unpaired) electrons. The first-order valence-electron chi connectivity index (χ1n) is 12.7. The number of nitrogens with zero attached hydrogens (tertiary/aromatic N) is 2. The lowest BCUT2D eigenvalue weighted by molar-refractivity contribution is -0.139. The summed E-state index contributed by atoms with van der Waals surface area (Å²) in [5, 5.41) is 3.27. The Morgan fingerprint density at radius 1 is 0.925 bits per heavy atom. The lowest BCUT2D eigenvalue weighted by Crippen LogP contribution is -2.51. The van der Waals surface area contributed by atoms with Gasteiger partial charge in [-0.2, -0.15) is 0 Å². The number of rotatable bonds is 12. The molecule has 3 rings (SSSR count). The van der Waals surface area contributed by atoms with Crippen LogP contribution in [0.15, 0.2) is 77.7 Å². The van der Waals surface area contributed by atoms with Gasteiger partial charge in [-0.3, -0.25) is 13.9 Å². The number of halogens is 2. The Kier molecular flexibility index (Phi) is 10.8. The van der Waals surface area contributed by atoms with Crippen LogP contribution in [0.3, 0.4) is 0 Å². The Morgan fingerprint density at radius 3 is 2.08 bits per heavy atom. The van der Waals surface area contributed by atoms with Gasteiger partial charge in [-0.25, -0.2) is 8.42 Å². The molecule has 40 heavy (non-hydrogen) atoms. The molecule has 0 fully saturated rings. The van der Waals surface area contributed by atoms with Crippen molar-refractivity contribution in [2.45, 2.75) is 38.3 Å². The highest BCUT2D eigenvalue weighted by Crippen LogP contribution is 2.30. The summed E-state index contributed by atoms with van der Waals surface area (Å²) in [6.45, 7) is 5.45. The number of methoxy groups -OCH3 is 1. The van der Waals surface area contributed by atoms with Gasteiger partial charge in [-0.1, -0.05) is 67.4 Å². The van der Waals surface area contributed by atoms with E-state index in [1.807, 2.05) is 13.8 Å². The molecule has 3 aromatic carbocycles. The zero-order valence-electron chi connectivity index (χ0n) is 22.8. The molecule has 8 nitrogen and oxygen atoms in total. The van der Waals surface area contributed by atoms with Crippen LogP contribution in [-0.4, -0.2) is 51.4 Å². The van der Waals surface area contributed by atoms with Crippen LogP contribution in [0.4, 0.5) is 5.69 Å². The minimum absolute atomic E-state index is 0.0108. The third kappa shape index (κ3) is 8.13. The summed E-state index contributed by atoms with van der Waals surface area (Å²) in [5.74, 6) is -0.0827. The molecule has 0 aliphatic rings. The zero-order valence-corrected chi connectivity index (χ0v) is 25.1. The van der Waals surface area contributed by atoms with Crippen LogP contribution in [0.1, 0.15) is 26.3 Å². The molecule has 11 heteroatoms. The van der Waals surface area contributed by atoms with Crippen molar-refractivity contribution in [3.63, 3.8) is 0 Å². The summed E-state index contributed by atoms with van der Waals surface area (Å²) in [5.41, 5.74) is 0.858. The molecule has 0 saturated heterocycles. The van der Waals surface area contributed by atoms with Crippen molar-refractivity contribution in [3.05, 3.63) is 88.4 Å². The van der Waals surface area contributed by atoms with Gasteiger partial charge in [0.2, 0.25) is 11.8 Å². The van der Waals surface area contributed by atoms with Gasteiger partial charge >= 0.3 is 0 Å². The van der Waals surface area contributed by atoms with E-state index < -0.39 is 28.5 Å². The molecule has 0 spiro atoms. The maximum absolute atomic E-state index is 13.9. The van der Waals surface area contributed by atoms with Crippen LogP contribution < -0.4 is 14.4 Å². The van der Waals surface area contributed by atoms with Crippen molar-refractivity contribution in [2.75, 3.05) is 24.5 Å². The number of carbonyl (C=O) groups excluding carboxylic acids is 2. The van der Waals surface area contributed by atoms with Gasteiger partial charge in [0.15, 0.2) is 0 Å². The second kappa shape index (κ2) is 13.9. The molecule has 2 amide bonds. The van der Waals surface area contributed by atoms with E-state index in [-0.39, 0.29) is 39.0 Å². The minimum atomic E-state index is -4.21. The van der Waals surface area contributed by atoms with Crippen LogP contribution in [0.5, 0.6) is 5.75 Å². The molecule has 1 atom stereocenters. The van der Waals surface area contributed by atoms with E-state index in [9.17, 15) is 18.0 Å². The fourth-order valence-electron chi connectivity index (χ4n) is 3.89. The van der Waals surface area contributed by atoms with Crippen LogP contribution in [-0.2, 0) is 26.2 Å². The highest BCUT2D eigenvalue weighted by Gasteiger charge is 2.32. The van der Waals surface area contributed by atoms with Gasteiger partial charge in [-0.05, 0) is 60.9 Å².